The molecule has 2 aromatic carbocycles. The summed E-state index contributed by atoms with van der Waals surface area (Å²) in [6.07, 6.45) is 2.41. The van der Waals surface area contributed by atoms with Crippen LogP contribution in [0.15, 0.2) is 30.3 Å². The molecule has 1 unspecified atom stereocenters. The van der Waals surface area contributed by atoms with Gasteiger partial charge in [0.2, 0.25) is 0 Å². The van der Waals surface area contributed by atoms with E-state index < -0.39 is 0 Å². The number of piperidine rings is 1. The number of ether oxygens (including phenoxy) is 2. The molecule has 1 atom stereocenters. The highest BCUT2D eigenvalue weighted by molar-refractivity contribution is 5.94. The molecule has 0 spiro atoms. The van der Waals surface area contributed by atoms with E-state index in [-0.39, 0.29) is 0 Å². The molecule has 0 radical (unpaired) electrons. The predicted octanol–water partition coefficient (Wildman–Crippen LogP) is 3.32. The first-order chi connectivity index (χ1) is 9.85. The zero-order valence-corrected chi connectivity index (χ0v) is 12.1. The van der Waals surface area contributed by atoms with Gasteiger partial charge in [-0.25, -0.2) is 0 Å². The second-order valence-corrected chi connectivity index (χ2v) is 5.29. The summed E-state index contributed by atoms with van der Waals surface area (Å²) in [4.78, 5) is 0. The van der Waals surface area contributed by atoms with Gasteiger partial charge in [0.15, 0.2) is 0 Å². The van der Waals surface area contributed by atoms with Crippen LogP contribution in [-0.2, 0) is 0 Å². The van der Waals surface area contributed by atoms with Crippen LogP contribution in [0.3, 0.4) is 0 Å². The molecule has 1 N–H and O–H groups in total. The van der Waals surface area contributed by atoms with E-state index in [1.807, 2.05) is 12.1 Å². The molecule has 0 amide bonds. The van der Waals surface area contributed by atoms with Crippen LogP contribution in [0, 0.1) is 0 Å². The largest absolute Gasteiger partial charge is 0.496 e. The first-order valence-corrected chi connectivity index (χ1v) is 7.19. The molecule has 20 heavy (non-hydrogen) atoms. The molecule has 1 fully saturated rings. The van der Waals surface area contributed by atoms with Crippen LogP contribution in [0.1, 0.15) is 24.3 Å². The van der Waals surface area contributed by atoms with Crippen molar-refractivity contribution in [2.24, 2.45) is 0 Å². The summed E-state index contributed by atoms with van der Waals surface area (Å²) in [5.74, 6) is 2.43. The van der Waals surface area contributed by atoms with E-state index in [9.17, 15) is 0 Å². The van der Waals surface area contributed by atoms with Crippen LogP contribution in [0.25, 0.3) is 10.8 Å². The maximum Gasteiger partial charge on any atom is 0.130 e. The average Bonchev–Trinajstić information content (AvgIpc) is 2.54. The summed E-state index contributed by atoms with van der Waals surface area (Å²) in [5, 5.41) is 5.72. The molecule has 1 aliphatic heterocycles. The molecule has 3 nitrogen and oxygen atoms in total. The topological polar surface area (TPSA) is 30.5 Å². The summed E-state index contributed by atoms with van der Waals surface area (Å²) in [6.45, 7) is 2.13. The summed E-state index contributed by atoms with van der Waals surface area (Å²) >= 11 is 0. The Balaban J connectivity index is 2.19. The van der Waals surface area contributed by atoms with Gasteiger partial charge in [-0.2, -0.15) is 0 Å². The van der Waals surface area contributed by atoms with Gasteiger partial charge >= 0.3 is 0 Å². The fraction of sp³-hybridized carbons (Fsp3) is 0.412. The zero-order chi connectivity index (χ0) is 13.9. The minimum Gasteiger partial charge on any atom is -0.496 e. The lowest BCUT2D eigenvalue weighted by atomic mass is 9.89. The Kier molecular flexibility index (Phi) is 3.79. The van der Waals surface area contributed by atoms with Crippen molar-refractivity contribution in [3.8, 4) is 11.5 Å². The molecule has 1 saturated heterocycles. The zero-order valence-electron chi connectivity index (χ0n) is 12.1. The Morgan fingerprint density at radius 2 is 1.90 bits per heavy atom. The number of nitrogens with one attached hydrogen (secondary N) is 1. The highest BCUT2D eigenvalue weighted by atomic mass is 16.5. The van der Waals surface area contributed by atoms with Crippen molar-refractivity contribution in [1.82, 2.24) is 5.32 Å². The first kappa shape index (κ1) is 13.3. The fourth-order valence-corrected chi connectivity index (χ4v) is 3.15. The normalized spacial score (nSPS) is 19.0. The highest BCUT2D eigenvalue weighted by Crippen LogP contribution is 2.41. The van der Waals surface area contributed by atoms with Gasteiger partial charge in [0.1, 0.15) is 11.5 Å². The third-order valence-electron chi connectivity index (χ3n) is 4.15. The lowest BCUT2D eigenvalue weighted by Crippen LogP contribution is -2.28. The maximum absolute atomic E-state index is 5.73. The van der Waals surface area contributed by atoms with Crippen LogP contribution in [-0.4, -0.2) is 27.3 Å². The second kappa shape index (κ2) is 5.71. The number of benzene rings is 2. The molecule has 3 heteroatoms. The molecule has 3 rings (SSSR count). The van der Waals surface area contributed by atoms with E-state index >= 15 is 0 Å². The van der Waals surface area contributed by atoms with Crippen LogP contribution >= 0.6 is 0 Å². The molecular formula is C17H21NO2. The molecule has 2 aromatic rings. The minimum atomic E-state index is 0.497. The summed E-state index contributed by atoms with van der Waals surface area (Å²) in [6, 6.07) is 10.4. The summed E-state index contributed by atoms with van der Waals surface area (Å²) in [7, 11) is 3.49. The minimum absolute atomic E-state index is 0.497. The SMILES string of the molecule is COc1cc(C2CCCNC2)c(OC)c2ccccc12. The van der Waals surface area contributed by atoms with Crippen molar-refractivity contribution < 1.29 is 9.47 Å². The molecule has 0 bridgehead atoms. The third kappa shape index (κ3) is 2.22. The van der Waals surface area contributed by atoms with Gasteiger partial charge in [-0.05, 0) is 25.5 Å². The van der Waals surface area contributed by atoms with E-state index in [2.05, 4.69) is 23.5 Å². The lowest BCUT2D eigenvalue weighted by molar-refractivity contribution is 0.390. The van der Waals surface area contributed by atoms with E-state index in [1.165, 1.54) is 18.4 Å². The molecule has 0 aromatic heterocycles. The Labute approximate surface area is 119 Å². The van der Waals surface area contributed by atoms with E-state index in [4.69, 9.17) is 9.47 Å². The second-order valence-electron chi connectivity index (χ2n) is 5.29. The smallest absolute Gasteiger partial charge is 0.130 e. The van der Waals surface area contributed by atoms with E-state index in [1.54, 1.807) is 14.2 Å². The highest BCUT2D eigenvalue weighted by Gasteiger charge is 2.22. The monoisotopic (exact) mass is 271 g/mol. The fourth-order valence-electron chi connectivity index (χ4n) is 3.15. The Hall–Kier alpha value is -1.74. The van der Waals surface area contributed by atoms with Crippen molar-refractivity contribution in [3.05, 3.63) is 35.9 Å². The van der Waals surface area contributed by atoms with Crippen molar-refractivity contribution in [2.75, 3.05) is 27.3 Å². The van der Waals surface area contributed by atoms with Crippen molar-refractivity contribution >= 4 is 10.8 Å². The van der Waals surface area contributed by atoms with Crippen LogP contribution in [0.2, 0.25) is 0 Å². The number of fused-ring (bicyclic) bond motifs is 1. The Morgan fingerprint density at radius 3 is 2.55 bits per heavy atom. The third-order valence-corrected chi connectivity index (χ3v) is 4.15. The standard InChI is InChI=1S/C17H21NO2/c1-19-16-10-15(12-6-5-9-18-11-12)17(20-2)14-8-4-3-7-13(14)16/h3-4,7-8,10,12,18H,5-6,9,11H2,1-2H3. The first-order valence-electron chi connectivity index (χ1n) is 7.19. The Bertz CT molecular complexity index is 603. The van der Waals surface area contributed by atoms with Gasteiger partial charge in [0, 0.05) is 28.8 Å². The lowest BCUT2D eigenvalue weighted by Gasteiger charge is -2.26. The molecule has 106 valence electrons. The quantitative estimate of drug-likeness (QED) is 0.929. The van der Waals surface area contributed by atoms with E-state index in [0.29, 0.717) is 5.92 Å². The van der Waals surface area contributed by atoms with Gasteiger partial charge in [0.25, 0.3) is 0 Å². The summed E-state index contributed by atoms with van der Waals surface area (Å²) < 4.78 is 11.3. The van der Waals surface area contributed by atoms with Crippen LogP contribution in [0.4, 0.5) is 0 Å². The predicted molar refractivity (Wildman–Crippen MR) is 81.9 cm³/mol. The average molecular weight is 271 g/mol. The Morgan fingerprint density at radius 1 is 1.10 bits per heavy atom. The van der Waals surface area contributed by atoms with Gasteiger partial charge < -0.3 is 14.8 Å². The molecule has 1 aliphatic rings. The number of rotatable bonds is 3. The number of methoxy groups -OCH3 is 2. The molecular weight excluding hydrogens is 250 g/mol. The van der Waals surface area contributed by atoms with Gasteiger partial charge in [0.05, 0.1) is 14.2 Å². The van der Waals surface area contributed by atoms with Crippen molar-refractivity contribution in [1.29, 1.82) is 0 Å². The van der Waals surface area contributed by atoms with Crippen LogP contribution in [0.5, 0.6) is 11.5 Å². The van der Waals surface area contributed by atoms with E-state index in [0.717, 1.165) is 35.4 Å². The van der Waals surface area contributed by atoms with Crippen LogP contribution < -0.4 is 14.8 Å². The molecule has 1 heterocycles. The molecule has 0 saturated carbocycles. The number of hydrogen-bond donors (Lipinski definition) is 1. The maximum atomic E-state index is 5.73. The van der Waals surface area contributed by atoms with Gasteiger partial charge in [-0.3, -0.25) is 0 Å². The van der Waals surface area contributed by atoms with Crippen molar-refractivity contribution in [2.45, 2.75) is 18.8 Å². The molecule has 0 aliphatic carbocycles. The van der Waals surface area contributed by atoms with Crippen molar-refractivity contribution in [3.63, 3.8) is 0 Å². The van der Waals surface area contributed by atoms with Gasteiger partial charge in [-0.15, -0.1) is 0 Å². The van der Waals surface area contributed by atoms with Gasteiger partial charge in [-0.1, -0.05) is 24.3 Å². The number of hydrogen-bond acceptors (Lipinski definition) is 3. The summed E-state index contributed by atoms with van der Waals surface area (Å²) in [5.41, 5.74) is 1.26.